The third-order valence-electron chi connectivity index (χ3n) is 2.22. The number of rotatable bonds is 1. The zero-order valence-corrected chi connectivity index (χ0v) is 10.7. The quantitative estimate of drug-likeness (QED) is 0.807. The Hall–Kier alpha value is -0.900. The van der Waals surface area contributed by atoms with E-state index in [2.05, 4.69) is 4.98 Å². The topological polar surface area (TPSA) is 38.9 Å². The standard InChI is InChI=1S/C11H8Cl2N2S/c1-5-2-9(13)7-3-6(12)4-8(11(14)16)10(7)15-5/h2-4H,1H3,(H2,14,16). The molecular formula is C11H8Cl2N2S. The number of halogens is 2. The van der Waals surface area contributed by atoms with Crippen LogP contribution in [-0.2, 0) is 0 Å². The van der Waals surface area contributed by atoms with Crippen molar-refractivity contribution in [1.82, 2.24) is 4.98 Å². The zero-order chi connectivity index (χ0) is 11.9. The molecule has 2 N–H and O–H groups in total. The summed E-state index contributed by atoms with van der Waals surface area (Å²) in [6.07, 6.45) is 0. The maximum absolute atomic E-state index is 6.13. The predicted molar refractivity (Wildman–Crippen MR) is 72.4 cm³/mol. The van der Waals surface area contributed by atoms with Crippen LogP contribution in [0.1, 0.15) is 11.3 Å². The Morgan fingerprint density at radius 3 is 2.62 bits per heavy atom. The smallest absolute Gasteiger partial charge is 0.106 e. The lowest BCUT2D eigenvalue weighted by atomic mass is 10.1. The first kappa shape index (κ1) is 11.6. The minimum Gasteiger partial charge on any atom is -0.389 e. The first-order valence-corrected chi connectivity index (χ1v) is 5.71. The van der Waals surface area contributed by atoms with Crippen molar-refractivity contribution in [2.45, 2.75) is 6.92 Å². The van der Waals surface area contributed by atoms with E-state index in [9.17, 15) is 0 Å². The van der Waals surface area contributed by atoms with E-state index in [1.54, 1.807) is 18.2 Å². The van der Waals surface area contributed by atoms with Crippen LogP contribution in [0.4, 0.5) is 0 Å². The van der Waals surface area contributed by atoms with Crippen LogP contribution in [-0.4, -0.2) is 9.97 Å². The molecule has 0 bridgehead atoms. The summed E-state index contributed by atoms with van der Waals surface area (Å²) in [7, 11) is 0. The summed E-state index contributed by atoms with van der Waals surface area (Å²) < 4.78 is 0. The molecule has 1 aromatic carbocycles. The van der Waals surface area contributed by atoms with Crippen molar-refractivity contribution in [3.05, 3.63) is 39.5 Å². The van der Waals surface area contributed by atoms with Gasteiger partial charge in [0, 0.05) is 21.7 Å². The fraction of sp³-hybridized carbons (Fsp3) is 0.0909. The summed E-state index contributed by atoms with van der Waals surface area (Å²) in [4.78, 5) is 4.65. The third kappa shape index (κ3) is 1.98. The molecule has 82 valence electrons. The van der Waals surface area contributed by atoms with Gasteiger partial charge >= 0.3 is 0 Å². The molecule has 2 rings (SSSR count). The van der Waals surface area contributed by atoms with E-state index in [0.717, 1.165) is 11.1 Å². The molecule has 0 aliphatic carbocycles. The van der Waals surface area contributed by atoms with Crippen LogP contribution < -0.4 is 5.73 Å². The Bertz CT molecular complexity index is 596. The molecule has 0 spiro atoms. The Kier molecular flexibility index (Phi) is 3.02. The first-order valence-electron chi connectivity index (χ1n) is 4.55. The highest BCUT2D eigenvalue weighted by Gasteiger charge is 2.10. The molecule has 0 saturated heterocycles. The molecule has 1 heterocycles. The summed E-state index contributed by atoms with van der Waals surface area (Å²) in [6, 6.07) is 5.24. The molecule has 16 heavy (non-hydrogen) atoms. The number of hydrogen-bond donors (Lipinski definition) is 1. The Morgan fingerprint density at radius 2 is 2.00 bits per heavy atom. The fourth-order valence-corrected chi connectivity index (χ4v) is 2.24. The van der Waals surface area contributed by atoms with Gasteiger partial charge in [0.1, 0.15) is 4.99 Å². The minimum absolute atomic E-state index is 0.265. The lowest BCUT2D eigenvalue weighted by molar-refractivity contribution is 1.25. The van der Waals surface area contributed by atoms with Crippen molar-refractivity contribution in [2.24, 2.45) is 5.73 Å². The van der Waals surface area contributed by atoms with Gasteiger partial charge in [-0.1, -0.05) is 35.4 Å². The van der Waals surface area contributed by atoms with Crippen molar-refractivity contribution < 1.29 is 0 Å². The molecule has 0 unspecified atom stereocenters. The van der Waals surface area contributed by atoms with E-state index in [-0.39, 0.29) is 4.99 Å². The monoisotopic (exact) mass is 270 g/mol. The number of aryl methyl sites for hydroxylation is 1. The third-order valence-corrected chi connectivity index (χ3v) is 2.97. The second kappa shape index (κ2) is 4.17. The van der Waals surface area contributed by atoms with Crippen LogP contribution in [0.25, 0.3) is 10.9 Å². The maximum Gasteiger partial charge on any atom is 0.106 e. The fourth-order valence-electron chi connectivity index (χ4n) is 1.56. The van der Waals surface area contributed by atoms with Crippen LogP contribution in [0.3, 0.4) is 0 Å². The number of nitrogens with two attached hydrogens (primary N) is 1. The lowest BCUT2D eigenvalue weighted by Crippen LogP contribution is -2.10. The first-order chi connectivity index (χ1) is 7.49. The highest BCUT2D eigenvalue weighted by atomic mass is 35.5. The molecule has 0 amide bonds. The molecule has 5 heteroatoms. The molecule has 0 aliphatic rings. The molecule has 2 aromatic rings. The Morgan fingerprint density at radius 1 is 1.31 bits per heavy atom. The van der Waals surface area contributed by atoms with E-state index in [1.807, 2.05) is 6.92 Å². The number of benzene rings is 1. The summed E-state index contributed by atoms with van der Waals surface area (Å²) in [5.74, 6) is 0. The number of thiocarbonyl (C=S) groups is 1. The van der Waals surface area contributed by atoms with Crippen LogP contribution in [0.15, 0.2) is 18.2 Å². The van der Waals surface area contributed by atoms with E-state index in [1.165, 1.54) is 0 Å². The molecular weight excluding hydrogens is 263 g/mol. The molecule has 0 aliphatic heterocycles. The average molecular weight is 271 g/mol. The van der Waals surface area contributed by atoms with Gasteiger partial charge in [0.2, 0.25) is 0 Å². The van der Waals surface area contributed by atoms with Gasteiger partial charge in [-0.3, -0.25) is 4.98 Å². The molecule has 2 nitrogen and oxygen atoms in total. The SMILES string of the molecule is Cc1cc(Cl)c2cc(Cl)cc(C(N)=S)c2n1. The van der Waals surface area contributed by atoms with Crippen molar-refractivity contribution in [3.63, 3.8) is 0 Å². The summed E-state index contributed by atoms with van der Waals surface area (Å²) in [5, 5.41) is 1.91. The summed E-state index contributed by atoms with van der Waals surface area (Å²) >= 11 is 17.1. The second-order valence-electron chi connectivity index (χ2n) is 3.46. The van der Waals surface area contributed by atoms with Crippen LogP contribution >= 0.6 is 35.4 Å². The van der Waals surface area contributed by atoms with Crippen molar-refractivity contribution >= 4 is 51.3 Å². The highest BCUT2D eigenvalue weighted by Crippen LogP contribution is 2.28. The molecule has 0 radical (unpaired) electrons. The van der Waals surface area contributed by atoms with Gasteiger partial charge < -0.3 is 5.73 Å². The molecule has 0 atom stereocenters. The van der Waals surface area contributed by atoms with E-state index in [0.29, 0.717) is 21.1 Å². The van der Waals surface area contributed by atoms with Crippen LogP contribution in [0, 0.1) is 6.92 Å². The van der Waals surface area contributed by atoms with Crippen LogP contribution in [0.2, 0.25) is 10.0 Å². The van der Waals surface area contributed by atoms with E-state index >= 15 is 0 Å². The van der Waals surface area contributed by atoms with Gasteiger partial charge in [-0.2, -0.15) is 0 Å². The molecule has 0 fully saturated rings. The zero-order valence-electron chi connectivity index (χ0n) is 8.42. The van der Waals surface area contributed by atoms with Crippen molar-refractivity contribution in [1.29, 1.82) is 0 Å². The molecule has 1 aromatic heterocycles. The van der Waals surface area contributed by atoms with Gasteiger partial charge in [0.25, 0.3) is 0 Å². The number of pyridine rings is 1. The number of nitrogens with zero attached hydrogens (tertiary/aromatic N) is 1. The average Bonchev–Trinajstić information content (AvgIpc) is 2.18. The largest absolute Gasteiger partial charge is 0.389 e. The van der Waals surface area contributed by atoms with Gasteiger partial charge in [-0.15, -0.1) is 0 Å². The summed E-state index contributed by atoms with van der Waals surface area (Å²) in [5.41, 5.74) is 7.81. The van der Waals surface area contributed by atoms with E-state index in [4.69, 9.17) is 41.2 Å². The van der Waals surface area contributed by atoms with E-state index < -0.39 is 0 Å². The number of fused-ring (bicyclic) bond motifs is 1. The number of hydrogen-bond acceptors (Lipinski definition) is 2. The van der Waals surface area contributed by atoms with Crippen molar-refractivity contribution in [2.75, 3.05) is 0 Å². The van der Waals surface area contributed by atoms with Crippen molar-refractivity contribution in [3.8, 4) is 0 Å². The normalized spacial score (nSPS) is 10.7. The van der Waals surface area contributed by atoms with Crippen LogP contribution in [0.5, 0.6) is 0 Å². The maximum atomic E-state index is 6.13. The predicted octanol–water partition coefficient (Wildman–Crippen LogP) is 3.48. The minimum atomic E-state index is 0.265. The number of aromatic nitrogens is 1. The highest BCUT2D eigenvalue weighted by molar-refractivity contribution is 7.80. The Balaban J connectivity index is 2.95. The lowest BCUT2D eigenvalue weighted by Gasteiger charge is -2.07. The van der Waals surface area contributed by atoms with Gasteiger partial charge in [-0.05, 0) is 25.1 Å². The van der Waals surface area contributed by atoms with Gasteiger partial charge in [0.15, 0.2) is 0 Å². The van der Waals surface area contributed by atoms with Gasteiger partial charge in [-0.25, -0.2) is 0 Å². The second-order valence-corrected chi connectivity index (χ2v) is 4.74. The van der Waals surface area contributed by atoms with Gasteiger partial charge in [0.05, 0.1) is 10.5 Å². The summed E-state index contributed by atoms with van der Waals surface area (Å²) in [6.45, 7) is 1.86. The molecule has 0 saturated carbocycles. The Labute approximate surface area is 108 Å².